The summed E-state index contributed by atoms with van der Waals surface area (Å²) >= 11 is 0. The molecule has 0 fully saturated rings. The van der Waals surface area contributed by atoms with Gasteiger partial charge in [-0.1, -0.05) is 0 Å². The molecule has 0 saturated carbocycles. The fraction of sp³-hybridized carbons (Fsp3) is 0.611. The molecule has 2 rings (SSSR count). The zero-order chi connectivity index (χ0) is 17.7. The van der Waals surface area contributed by atoms with E-state index in [1.807, 2.05) is 38.0 Å². The Morgan fingerprint density at radius 1 is 1.04 bits per heavy atom. The van der Waals surface area contributed by atoms with Crippen molar-refractivity contribution in [3.05, 3.63) is 23.3 Å². The van der Waals surface area contributed by atoms with Crippen LogP contribution in [0.25, 0.3) is 0 Å². The Morgan fingerprint density at radius 3 is 2.12 bits per heavy atom. The molecule has 0 amide bonds. The van der Waals surface area contributed by atoms with Gasteiger partial charge in [-0.15, -0.1) is 24.0 Å². The van der Waals surface area contributed by atoms with Gasteiger partial charge in [0.05, 0.1) is 20.8 Å². The van der Waals surface area contributed by atoms with Crippen molar-refractivity contribution in [2.24, 2.45) is 4.99 Å². The molecule has 0 radical (unpaired) electrons. The van der Waals surface area contributed by atoms with Crippen molar-refractivity contribution in [1.29, 1.82) is 0 Å². The van der Waals surface area contributed by atoms with Crippen LogP contribution in [-0.2, 0) is 13.0 Å². The molecule has 0 atom stereocenters. The molecule has 142 valence electrons. The van der Waals surface area contributed by atoms with Crippen LogP contribution < -0.4 is 9.47 Å². The second-order valence-corrected chi connectivity index (χ2v) is 6.47. The molecular formula is C18H31IN4O2. The first-order valence-electron chi connectivity index (χ1n) is 8.31. The first kappa shape index (κ1) is 21.8. The Morgan fingerprint density at radius 2 is 1.60 bits per heavy atom. The molecule has 1 aromatic rings. The van der Waals surface area contributed by atoms with Crippen molar-refractivity contribution >= 4 is 29.9 Å². The van der Waals surface area contributed by atoms with Gasteiger partial charge in [-0.05, 0) is 29.7 Å². The van der Waals surface area contributed by atoms with Crippen LogP contribution in [0.4, 0.5) is 0 Å². The summed E-state index contributed by atoms with van der Waals surface area (Å²) in [6.07, 6.45) is 1.04. The van der Waals surface area contributed by atoms with Gasteiger partial charge >= 0.3 is 0 Å². The highest BCUT2D eigenvalue weighted by Crippen LogP contribution is 2.33. The largest absolute Gasteiger partial charge is 0.493 e. The van der Waals surface area contributed by atoms with Crippen LogP contribution in [0.3, 0.4) is 0 Å². The van der Waals surface area contributed by atoms with Gasteiger partial charge in [-0.3, -0.25) is 9.89 Å². The van der Waals surface area contributed by atoms with Crippen LogP contribution in [0.15, 0.2) is 17.1 Å². The zero-order valence-corrected chi connectivity index (χ0v) is 18.5. The van der Waals surface area contributed by atoms with Crippen LogP contribution in [0, 0.1) is 0 Å². The van der Waals surface area contributed by atoms with Crippen molar-refractivity contribution in [3.63, 3.8) is 0 Å². The third kappa shape index (κ3) is 5.64. The van der Waals surface area contributed by atoms with Gasteiger partial charge in [-0.25, -0.2) is 0 Å². The molecule has 1 heterocycles. The van der Waals surface area contributed by atoms with Crippen LogP contribution in [0.1, 0.15) is 11.1 Å². The third-order valence-corrected chi connectivity index (χ3v) is 4.27. The lowest BCUT2D eigenvalue weighted by atomic mass is 9.99. The molecule has 0 bridgehead atoms. The molecule has 1 aromatic carbocycles. The second-order valence-electron chi connectivity index (χ2n) is 6.47. The van der Waals surface area contributed by atoms with E-state index in [-0.39, 0.29) is 24.0 Å². The number of hydrogen-bond donors (Lipinski definition) is 0. The first-order valence-corrected chi connectivity index (χ1v) is 8.31. The predicted octanol–water partition coefficient (Wildman–Crippen LogP) is 2.16. The normalized spacial score (nSPS) is 13.4. The summed E-state index contributed by atoms with van der Waals surface area (Å²) in [4.78, 5) is 11.2. The number of guanidine groups is 1. The molecule has 0 aliphatic carbocycles. The topological polar surface area (TPSA) is 40.5 Å². The Hall–Kier alpha value is -1.22. The zero-order valence-electron chi connectivity index (χ0n) is 16.2. The maximum atomic E-state index is 5.43. The van der Waals surface area contributed by atoms with E-state index in [2.05, 4.69) is 17.0 Å². The number of aliphatic imine (C=N–C) groups is 1. The van der Waals surface area contributed by atoms with E-state index in [9.17, 15) is 0 Å². The molecule has 6 nitrogen and oxygen atoms in total. The smallest absolute Gasteiger partial charge is 0.195 e. The molecule has 0 unspecified atom stereocenters. The van der Waals surface area contributed by atoms with Crippen molar-refractivity contribution in [3.8, 4) is 11.5 Å². The number of rotatable bonds is 5. The lowest BCUT2D eigenvalue weighted by molar-refractivity contribution is 0.259. The maximum Gasteiger partial charge on any atom is 0.195 e. The number of halogens is 1. The molecule has 0 aromatic heterocycles. The number of fused-ring (bicyclic) bond motifs is 1. The fourth-order valence-electron chi connectivity index (χ4n) is 3.11. The monoisotopic (exact) mass is 462 g/mol. The molecule has 0 saturated heterocycles. The van der Waals surface area contributed by atoms with Gasteiger partial charge in [0.1, 0.15) is 0 Å². The number of hydrogen-bond acceptors (Lipinski definition) is 4. The Kier molecular flexibility index (Phi) is 8.78. The van der Waals surface area contributed by atoms with E-state index in [0.717, 1.165) is 50.1 Å². The number of nitrogens with zero attached hydrogens (tertiary/aromatic N) is 4. The molecule has 0 spiro atoms. The summed E-state index contributed by atoms with van der Waals surface area (Å²) in [5.41, 5.74) is 2.68. The minimum absolute atomic E-state index is 0. The van der Waals surface area contributed by atoms with Crippen molar-refractivity contribution in [2.75, 3.05) is 62.0 Å². The van der Waals surface area contributed by atoms with Gasteiger partial charge in [0.15, 0.2) is 17.5 Å². The molecule has 1 aliphatic heterocycles. The minimum atomic E-state index is 0. The summed E-state index contributed by atoms with van der Waals surface area (Å²) in [5, 5.41) is 0. The van der Waals surface area contributed by atoms with Crippen molar-refractivity contribution in [1.82, 2.24) is 14.7 Å². The van der Waals surface area contributed by atoms with Gasteiger partial charge in [-0.2, -0.15) is 0 Å². The Labute approximate surface area is 168 Å². The summed E-state index contributed by atoms with van der Waals surface area (Å²) in [5.74, 6) is 2.62. The van der Waals surface area contributed by atoms with Crippen LogP contribution >= 0.6 is 24.0 Å². The summed E-state index contributed by atoms with van der Waals surface area (Å²) in [7, 11) is 11.5. The molecule has 7 heteroatoms. The molecule has 0 N–H and O–H groups in total. The first-order chi connectivity index (χ1) is 11.5. The van der Waals surface area contributed by atoms with Crippen molar-refractivity contribution in [2.45, 2.75) is 13.0 Å². The average Bonchev–Trinajstić information content (AvgIpc) is 2.56. The van der Waals surface area contributed by atoms with E-state index in [1.54, 1.807) is 14.2 Å². The molecule has 25 heavy (non-hydrogen) atoms. The van der Waals surface area contributed by atoms with E-state index in [0.29, 0.717) is 0 Å². The van der Waals surface area contributed by atoms with E-state index < -0.39 is 0 Å². The third-order valence-electron chi connectivity index (χ3n) is 4.27. The van der Waals surface area contributed by atoms with Crippen LogP contribution in [0.5, 0.6) is 11.5 Å². The molecular weight excluding hydrogens is 431 g/mol. The van der Waals surface area contributed by atoms with Gasteiger partial charge in [0, 0.05) is 47.8 Å². The lowest BCUT2D eigenvalue weighted by Gasteiger charge is -2.29. The Balaban J connectivity index is 0.00000312. The highest BCUT2D eigenvalue weighted by atomic mass is 127. The summed E-state index contributed by atoms with van der Waals surface area (Å²) in [6.45, 7) is 3.75. The van der Waals surface area contributed by atoms with E-state index in [4.69, 9.17) is 14.5 Å². The van der Waals surface area contributed by atoms with E-state index >= 15 is 0 Å². The minimum Gasteiger partial charge on any atom is -0.493 e. The maximum absolute atomic E-state index is 5.43. The van der Waals surface area contributed by atoms with Gasteiger partial charge < -0.3 is 19.3 Å². The van der Waals surface area contributed by atoms with Crippen LogP contribution in [0.2, 0.25) is 0 Å². The SMILES string of the molecule is COc1cc2c(cc1OC)CN(CCN=C(N(C)C)N(C)C)CC2.I. The highest BCUT2D eigenvalue weighted by molar-refractivity contribution is 14.0. The van der Waals surface area contributed by atoms with Crippen molar-refractivity contribution < 1.29 is 9.47 Å². The summed E-state index contributed by atoms with van der Waals surface area (Å²) < 4.78 is 10.8. The predicted molar refractivity (Wildman–Crippen MR) is 114 cm³/mol. The van der Waals surface area contributed by atoms with Gasteiger partial charge in [0.2, 0.25) is 0 Å². The lowest BCUT2D eigenvalue weighted by Crippen LogP contribution is -2.37. The number of benzene rings is 1. The number of methoxy groups -OCH3 is 2. The molecule has 1 aliphatic rings. The van der Waals surface area contributed by atoms with Crippen LogP contribution in [-0.4, -0.2) is 82.7 Å². The highest BCUT2D eigenvalue weighted by Gasteiger charge is 2.19. The van der Waals surface area contributed by atoms with E-state index in [1.165, 1.54) is 11.1 Å². The Bertz CT molecular complexity index is 581. The summed E-state index contributed by atoms with van der Waals surface area (Å²) in [6, 6.07) is 4.22. The average molecular weight is 462 g/mol. The second kappa shape index (κ2) is 10.1. The quantitative estimate of drug-likeness (QED) is 0.381. The number of ether oxygens (including phenoxy) is 2. The standard InChI is InChI=1S/C18H30N4O2.HI/c1-20(2)18(21(3)4)19-8-10-22-9-7-14-11-16(23-5)17(24-6)12-15(14)13-22;/h11-12H,7-10,13H2,1-6H3;1H. The van der Waals surface area contributed by atoms with Gasteiger partial charge in [0.25, 0.3) is 0 Å². The fourth-order valence-corrected chi connectivity index (χ4v) is 3.11.